The van der Waals surface area contributed by atoms with Crippen LogP contribution in [-0.4, -0.2) is 100.0 Å². The van der Waals surface area contributed by atoms with Crippen molar-refractivity contribution in [2.45, 2.75) is 55.9 Å². The van der Waals surface area contributed by atoms with Gasteiger partial charge in [0.1, 0.15) is 24.1 Å². The van der Waals surface area contributed by atoms with E-state index < -0.39 is 40.6 Å². The van der Waals surface area contributed by atoms with E-state index in [2.05, 4.69) is 40.3 Å². The molecule has 208 valence electrons. The molecular weight excluding hydrogens is 490 g/mol. The van der Waals surface area contributed by atoms with Gasteiger partial charge in [0, 0.05) is 56.3 Å². The number of hydrogen-bond donors (Lipinski definition) is 2. The van der Waals surface area contributed by atoms with Crippen LogP contribution in [0.15, 0.2) is 30.4 Å². The molecule has 0 bridgehead atoms. The van der Waals surface area contributed by atoms with Gasteiger partial charge in [-0.2, -0.15) is 0 Å². The van der Waals surface area contributed by atoms with Crippen LogP contribution < -0.4 is 15.0 Å². The third kappa shape index (κ3) is 3.64. The highest BCUT2D eigenvalue weighted by atomic mass is 16.6. The fourth-order valence-corrected chi connectivity index (χ4v) is 8.13. The minimum atomic E-state index is -1.64. The Balaban J connectivity index is 1.68. The zero-order valence-corrected chi connectivity index (χ0v) is 22.9. The Hall–Kier alpha value is -2.82. The van der Waals surface area contributed by atoms with E-state index in [1.807, 2.05) is 19.2 Å². The van der Waals surface area contributed by atoms with Crippen molar-refractivity contribution in [3.8, 4) is 5.75 Å². The molecule has 1 unspecified atom stereocenters. The number of hydrogen-bond acceptors (Lipinski definition) is 9. The average molecular weight is 530 g/mol. The lowest BCUT2D eigenvalue weighted by Gasteiger charge is -2.64. The van der Waals surface area contributed by atoms with Crippen molar-refractivity contribution in [1.82, 2.24) is 10.2 Å². The molecule has 10 nitrogen and oxygen atoms in total. The lowest BCUT2D eigenvalue weighted by molar-refractivity contribution is -0.217. The van der Waals surface area contributed by atoms with Crippen LogP contribution in [0.5, 0.6) is 5.75 Å². The molecule has 5 rings (SSSR count). The smallest absolute Gasteiger partial charge is 0.407 e. The number of nitrogens with one attached hydrogen (secondary N) is 1. The van der Waals surface area contributed by atoms with Crippen LogP contribution in [0.3, 0.4) is 0 Å². The highest BCUT2D eigenvalue weighted by Crippen LogP contribution is 2.67. The second kappa shape index (κ2) is 9.73. The molecule has 1 saturated carbocycles. The number of amides is 1. The van der Waals surface area contributed by atoms with Crippen molar-refractivity contribution in [3.05, 3.63) is 35.9 Å². The van der Waals surface area contributed by atoms with Gasteiger partial charge in [-0.15, -0.1) is 0 Å². The molecule has 3 heterocycles. The van der Waals surface area contributed by atoms with Crippen molar-refractivity contribution in [3.63, 3.8) is 0 Å². The number of nitrogens with zero attached hydrogens (tertiary/aromatic N) is 2. The summed E-state index contributed by atoms with van der Waals surface area (Å²) >= 11 is 0. The minimum Gasteiger partial charge on any atom is -0.497 e. The van der Waals surface area contributed by atoms with Gasteiger partial charge in [0.15, 0.2) is 0 Å². The van der Waals surface area contributed by atoms with E-state index in [1.54, 1.807) is 7.11 Å². The Morgan fingerprint density at radius 1 is 1.21 bits per heavy atom. The van der Waals surface area contributed by atoms with Crippen molar-refractivity contribution in [1.29, 1.82) is 0 Å². The molecule has 0 radical (unpaired) electrons. The summed E-state index contributed by atoms with van der Waals surface area (Å²) in [7, 11) is 5.13. The lowest BCUT2D eigenvalue weighted by Crippen LogP contribution is -2.81. The van der Waals surface area contributed by atoms with Gasteiger partial charge in [-0.25, -0.2) is 4.79 Å². The van der Waals surface area contributed by atoms with E-state index in [-0.39, 0.29) is 25.8 Å². The number of alkyl carbamates (subject to hydrolysis) is 1. The molecule has 1 amide bonds. The predicted octanol–water partition coefficient (Wildman–Crippen LogP) is 1.84. The molecule has 0 aromatic heterocycles. The largest absolute Gasteiger partial charge is 0.497 e. The van der Waals surface area contributed by atoms with Gasteiger partial charge >= 0.3 is 12.1 Å². The number of benzene rings is 1. The van der Waals surface area contributed by atoms with Gasteiger partial charge in [-0.3, -0.25) is 9.69 Å². The van der Waals surface area contributed by atoms with E-state index in [9.17, 15) is 14.7 Å². The van der Waals surface area contributed by atoms with Gasteiger partial charge in [-0.1, -0.05) is 25.1 Å². The third-order valence-electron chi connectivity index (χ3n) is 9.25. The summed E-state index contributed by atoms with van der Waals surface area (Å²) in [5.41, 5.74) is -0.661. The van der Waals surface area contributed by atoms with E-state index >= 15 is 0 Å². The summed E-state index contributed by atoms with van der Waals surface area (Å²) < 4.78 is 21.9. The van der Waals surface area contributed by atoms with Crippen molar-refractivity contribution >= 4 is 17.7 Å². The number of methoxy groups -OCH3 is 2. The number of likely N-dealkylation sites (N-methyl/N-ethyl adjacent to an activating group) is 1. The fourth-order valence-electron chi connectivity index (χ4n) is 8.13. The van der Waals surface area contributed by atoms with Crippen LogP contribution in [0.4, 0.5) is 10.5 Å². The first-order valence-corrected chi connectivity index (χ1v) is 13.3. The number of anilines is 1. The van der Waals surface area contributed by atoms with Crippen molar-refractivity contribution in [2.24, 2.45) is 5.41 Å². The van der Waals surface area contributed by atoms with Gasteiger partial charge in [0.25, 0.3) is 0 Å². The molecule has 6 atom stereocenters. The molecule has 4 aliphatic rings. The normalized spacial score (nSPS) is 34.8. The first-order valence-electron chi connectivity index (χ1n) is 13.3. The SMILES string of the molecule is CC[C@]12C=CCN3CC[C@@]4(c5ccc(OC)cc5N(C)[C@H]4C(O)(CNC(=O)OCCOC)[C@@H]1OC(C)=O)[C@@H]32. The number of ether oxygens (including phenoxy) is 4. The molecule has 1 aromatic rings. The van der Waals surface area contributed by atoms with Gasteiger partial charge in [0.05, 0.1) is 26.3 Å². The third-order valence-corrected chi connectivity index (χ3v) is 9.25. The highest BCUT2D eigenvalue weighted by Gasteiger charge is 2.77. The van der Waals surface area contributed by atoms with Crippen LogP contribution >= 0.6 is 0 Å². The number of esters is 1. The van der Waals surface area contributed by atoms with Crippen LogP contribution in [-0.2, 0) is 24.4 Å². The quantitative estimate of drug-likeness (QED) is 0.296. The predicted molar refractivity (Wildman–Crippen MR) is 140 cm³/mol. The summed E-state index contributed by atoms with van der Waals surface area (Å²) in [6.07, 6.45) is 4.17. The standard InChI is InChI=1S/C28H39N3O7/c1-6-26-10-7-12-31-13-11-27(22(26)31)20-9-8-19(36-5)16-21(20)30(3)23(27)28(34,24(26)38-18(2)32)17-29-25(33)37-15-14-35-4/h7-10,16,22-24,34H,6,11-15,17H2,1-5H3,(H,29,33)/t22-,23+,24+,26+,27+,28?/m0/s1. The van der Waals surface area contributed by atoms with Crippen LogP contribution in [0, 0.1) is 5.41 Å². The second-order valence-corrected chi connectivity index (χ2v) is 10.9. The first-order chi connectivity index (χ1) is 18.2. The van der Waals surface area contributed by atoms with E-state index in [0.717, 1.165) is 36.5 Å². The molecule has 1 aliphatic carbocycles. The summed E-state index contributed by atoms with van der Waals surface area (Å²) in [6.45, 7) is 5.30. The second-order valence-electron chi connectivity index (χ2n) is 10.9. The maximum absolute atomic E-state index is 12.9. The molecule has 2 fully saturated rings. The molecule has 3 aliphatic heterocycles. The Kier molecular flexibility index (Phi) is 6.86. The molecule has 2 N–H and O–H groups in total. The molecule has 38 heavy (non-hydrogen) atoms. The maximum atomic E-state index is 12.9. The Morgan fingerprint density at radius 2 is 2.00 bits per heavy atom. The Morgan fingerprint density at radius 3 is 2.68 bits per heavy atom. The number of aliphatic hydroxyl groups is 1. The van der Waals surface area contributed by atoms with Gasteiger partial charge < -0.3 is 34.3 Å². The maximum Gasteiger partial charge on any atom is 0.407 e. The fraction of sp³-hybridized carbons (Fsp3) is 0.643. The number of fused-ring (bicyclic) bond motifs is 1. The van der Waals surface area contributed by atoms with Crippen LogP contribution in [0.1, 0.15) is 32.3 Å². The highest BCUT2D eigenvalue weighted by molar-refractivity contribution is 5.72. The number of rotatable bonds is 8. The van der Waals surface area contributed by atoms with E-state index in [4.69, 9.17) is 18.9 Å². The summed E-state index contributed by atoms with van der Waals surface area (Å²) in [5, 5.41) is 15.7. The van der Waals surface area contributed by atoms with Gasteiger partial charge in [0.2, 0.25) is 0 Å². The van der Waals surface area contributed by atoms with E-state index in [0.29, 0.717) is 6.42 Å². The molecule has 10 heteroatoms. The number of carbonyl (C=O) groups is 2. The number of carbonyl (C=O) groups excluding carboxylic acids is 2. The molecule has 1 aromatic carbocycles. The van der Waals surface area contributed by atoms with Crippen LogP contribution in [0.25, 0.3) is 0 Å². The molecular formula is C28H39N3O7. The van der Waals surface area contributed by atoms with Crippen LogP contribution in [0.2, 0.25) is 0 Å². The summed E-state index contributed by atoms with van der Waals surface area (Å²) in [4.78, 5) is 29.8. The zero-order chi connectivity index (χ0) is 27.3. The topological polar surface area (TPSA) is 110 Å². The Labute approximate surface area is 223 Å². The summed E-state index contributed by atoms with van der Waals surface area (Å²) in [5.74, 6) is 0.255. The van der Waals surface area contributed by atoms with Crippen molar-refractivity contribution in [2.75, 3.05) is 59.0 Å². The Bertz CT molecular complexity index is 1130. The minimum absolute atomic E-state index is 0.00891. The van der Waals surface area contributed by atoms with Crippen molar-refractivity contribution < 1.29 is 33.6 Å². The monoisotopic (exact) mass is 529 g/mol. The lowest BCUT2D eigenvalue weighted by atomic mass is 9.47. The first kappa shape index (κ1) is 26.8. The van der Waals surface area contributed by atoms with E-state index in [1.165, 1.54) is 14.0 Å². The van der Waals surface area contributed by atoms with Gasteiger partial charge in [-0.05, 0) is 31.0 Å². The molecule has 1 saturated heterocycles. The average Bonchev–Trinajstić information content (AvgIpc) is 3.42. The molecule has 1 spiro atoms. The summed E-state index contributed by atoms with van der Waals surface area (Å²) in [6, 6.07) is 5.60. The zero-order valence-electron chi connectivity index (χ0n) is 22.9.